The monoisotopic (exact) mass is 127 g/mol. The summed E-state index contributed by atoms with van der Waals surface area (Å²) in [5.41, 5.74) is 0. The van der Waals surface area contributed by atoms with Crippen molar-refractivity contribution in [3.63, 3.8) is 0 Å². The van der Waals surface area contributed by atoms with Crippen LogP contribution in [-0.4, -0.2) is 13.1 Å². The topological polar surface area (TPSA) is 12.0 Å². The van der Waals surface area contributed by atoms with Crippen molar-refractivity contribution in [2.75, 3.05) is 7.05 Å². The molecule has 0 aromatic carbocycles. The fraction of sp³-hybridized carbons (Fsp3) is 1.00. The van der Waals surface area contributed by atoms with Gasteiger partial charge in [0, 0.05) is 6.04 Å². The van der Waals surface area contributed by atoms with Crippen molar-refractivity contribution in [3.8, 4) is 0 Å². The summed E-state index contributed by atoms with van der Waals surface area (Å²) in [5.74, 6) is 1.000. The lowest BCUT2D eigenvalue weighted by molar-refractivity contribution is 0.206. The lowest BCUT2D eigenvalue weighted by Crippen LogP contribution is -2.41. The van der Waals surface area contributed by atoms with Crippen LogP contribution in [0.3, 0.4) is 0 Å². The van der Waals surface area contributed by atoms with Gasteiger partial charge in [0.15, 0.2) is 0 Å². The number of nitrogens with one attached hydrogen (secondary N) is 1. The standard InChI is InChI=1S/C8H17N/c1-3-4-7-5-6-8(7)9-2/h7-9H,3-6H2,1-2H3. The minimum absolute atomic E-state index is 0.852. The average Bonchev–Trinajstić information content (AvgIpc) is 1.82. The molecular weight excluding hydrogens is 110 g/mol. The fourth-order valence-corrected chi connectivity index (χ4v) is 1.67. The second kappa shape index (κ2) is 3.21. The predicted octanol–water partition coefficient (Wildman–Crippen LogP) is 1.78. The van der Waals surface area contributed by atoms with Gasteiger partial charge in [-0.25, -0.2) is 0 Å². The largest absolute Gasteiger partial charge is 0.317 e. The van der Waals surface area contributed by atoms with Crippen LogP contribution < -0.4 is 5.32 Å². The Morgan fingerprint density at radius 3 is 2.56 bits per heavy atom. The molecule has 2 atom stereocenters. The van der Waals surface area contributed by atoms with Crippen LogP contribution in [0.25, 0.3) is 0 Å². The Balaban J connectivity index is 2.11. The molecular formula is C8H17N. The molecule has 1 heteroatoms. The van der Waals surface area contributed by atoms with E-state index in [9.17, 15) is 0 Å². The number of hydrogen-bond acceptors (Lipinski definition) is 1. The van der Waals surface area contributed by atoms with Crippen LogP contribution in [0, 0.1) is 5.92 Å². The van der Waals surface area contributed by atoms with Crippen molar-refractivity contribution in [2.24, 2.45) is 5.92 Å². The second-order valence-corrected chi connectivity index (χ2v) is 3.02. The van der Waals surface area contributed by atoms with E-state index >= 15 is 0 Å². The van der Waals surface area contributed by atoms with Gasteiger partial charge < -0.3 is 5.32 Å². The van der Waals surface area contributed by atoms with Crippen LogP contribution in [-0.2, 0) is 0 Å². The Bertz CT molecular complexity index is 78.6. The smallest absolute Gasteiger partial charge is 0.00924 e. The molecule has 1 aliphatic rings. The quantitative estimate of drug-likeness (QED) is 0.609. The van der Waals surface area contributed by atoms with E-state index in [0.29, 0.717) is 0 Å². The van der Waals surface area contributed by atoms with Crippen molar-refractivity contribution >= 4 is 0 Å². The van der Waals surface area contributed by atoms with Crippen LogP contribution in [0.1, 0.15) is 32.6 Å². The highest BCUT2D eigenvalue weighted by molar-refractivity contribution is 4.84. The Hall–Kier alpha value is -0.0400. The molecule has 0 aromatic heterocycles. The zero-order chi connectivity index (χ0) is 6.69. The minimum Gasteiger partial charge on any atom is -0.317 e. The maximum atomic E-state index is 3.34. The van der Waals surface area contributed by atoms with Crippen molar-refractivity contribution in [2.45, 2.75) is 38.6 Å². The summed E-state index contributed by atoms with van der Waals surface area (Å²) in [4.78, 5) is 0. The minimum atomic E-state index is 0.852. The van der Waals surface area contributed by atoms with Crippen LogP contribution in [0.5, 0.6) is 0 Å². The molecule has 0 radical (unpaired) electrons. The molecule has 1 saturated carbocycles. The number of hydrogen-bond donors (Lipinski definition) is 1. The average molecular weight is 127 g/mol. The lowest BCUT2D eigenvalue weighted by Gasteiger charge is -2.36. The molecule has 1 N–H and O–H groups in total. The first-order valence-corrected chi connectivity index (χ1v) is 4.05. The molecule has 2 unspecified atom stereocenters. The second-order valence-electron chi connectivity index (χ2n) is 3.02. The van der Waals surface area contributed by atoms with Gasteiger partial charge in [-0.1, -0.05) is 13.3 Å². The summed E-state index contributed by atoms with van der Waals surface area (Å²) in [6, 6.07) is 0.852. The number of rotatable bonds is 3. The van der Waals surface area contributed by atoms with E-state index < -0.39 is 0 Å². The molecule has 9 heavy (non-hydrogen) atoms. The van der Waals surface area contributed by atoms with E-state index in [0.717, 1.165) is 12.0 Å². The van der Waals surface area contributed by atoms with E-state index in [2.05, 4.69) is 19.3 Å². The van der Waals surface area contributed by atoms with Crippen molar-refractivity contribution in [1.29, 1.82) is 0 Å². The first-order valence-electron chi connectivity index (χ1n) is 4.05. The zero-order valence-electron chi connectivity index (χ0n) is 6.48. The van der Waals surface area contributed by atoms with Gasteiger partial charge >= 0.3 is 0 Å². The molecule has 1 aliphatic carbocycles. The molecule has 54 valence electrons. The maximum Gasteiger partial charge on any atom is 0.00924 e. The zero-order valence-corrected chi connectivity index (χ0v) is 6.48. The van der Waals surface area contributed by atoms with E-state index in [1.165, 1.54) is 25.7 Å². The van der Waals surface area contributed by atoms with Crippen LogP contribution >= 0.6 is 0 Å². The summed E-state index contributed by atoms with van der Waals surface area (Å²) < 4.78 is 0. The molecule has 1 nitrogen and oxygen atoms in total. The van der Waals surface area contributed by atoms with Gasteiger partial charge in [0.1, 0.15) is 0 Å². The summed E-state index contributed by atoms with van der Waals surface area (Å²) in [6.45, 7) is 2.27. The highest BCUT2D eigenvalue weighted by Gasteiger charge is 2.27. The Kier molecular flexibility index (Phi) is 2.52. The predicted molar refractivity (Wildman–Crippen MR) is 40.5 cm³/mol. The summed E-state index contributed by atoms with van der Waals surface area (Å²) >= 11 is 0. The van der Waals surface area contributed by atoms with Crippen molar-refractivity contribution in [3.05, 3.63) is 0 Å². The molecule has 0 aliphatic heterocycles. The summed E-state index contributed by atoms with van der Waals surface area (Å²) in [7, 11) is 2.08. The molecule has 0 bridgehead atoms. The Labute approximate surface area is 57.8 Å². The molecule has 0 amide bonds. The van der Waals surface area contributed by atoms with E-state index in [-0.39, 0.29) is 0 Å². The highest BCUT2D eigenvalue weighted by atomic mass is 14.9. The van der Waals surface area contributed by atoms with Gasteiger partial charge in [0.2, 0.25) is 0 Å². The summed E-state index contributed by atoms with van der Waals surface area (Å²) in [6.07, 6.45) is 5.63. The van der Waals surface area contributed by atoms with Crippen LogP contribution in [0.15, 0.2) is 0 Å². The Morgan fingerprint density at radius 2 is 2.22 bits per heavy atom. The fourth-order valence-electron chi connectivity index (χ4n) is 1.67. The molecule has 0 aromatic rings. The molecule has 0 saturated heterocycles. The van der Waals surface area contributed by atoms with Crippen molar-refractivity contribution in [1.82, 2.24) is 5.32 Å². The normalized spacial score (nSPS) is 34.0. The first-order chi connectivity index (χ1) is 4.38. The Morgan fingerprint density at radius 1 is 1.44 bits per heavy atom. The molecule has 0 spiro atoms. The third-order valence-electron chi connectivity index (χ3n) is 2.45. The highest BCUT2D eigenvalue weighted by Crippen LogP contribution is 2.30. The maximum absolute atomic E-state index is 3.34. The van der Waals surface area contributed by atoms with E-state index in [4.69, 9.17) is 0 Å². The van der Waals surface area contributed by atoms with Gasteiger partial charge in [0.05, 0.1) is 0 Å². The SMILES string of the molecule is CCCC1CCC1NC. The third kappa shape index (κ3) is 1.45. The van der Waals surface area contributed by atoms with Gasteiger partial charge in [-0.3, -0.25) is 0 Å². The first kappa shape index (κ1) is 7.07. The third-order valence-corrected chi connectivity index (χ3v) is 2.45. The van der Waals surface area contributed by atoms with Gasteiger partial charge in [-0.15, -0.1) is 0 Å². The van der Waals surface area contributed by atoms with E-state index in [1.807, 2.05) is 0 Å². The van der Waals surface area contributed by atoms with Gasteiger partial charge in [-0.2, -0.15) is 0 Å². The molecule has 1 rings (SSSR count). The lowest BCUT2D eigenvalue weighted by atomic mass is 9.77. The van der Waals surface area contributed by atoms with Gasteiger partial charge in [-0.05, 0) is 32.2 Å². The van der Waals surface area contributed by atoms with Crippen LogP contribution in [0.4, 0.5) is 0 Å². The van der Waals surface area contributed by atoms with E-state index in [1.54, 1.807) is 0 Å². The van der Waals surface area contributed by atoms with Gasteiger partial charge in [0.25, 0.3) is 0 Å². The summed E-state index contributed by atoms with van der Waals surface area (Å²) in [5, 5.41) is 3.34. The molecule has 1 fully saturated rings. The van der Waals surface area contributed by atoms with Crippen molar-refractivity contribution < 1.29 is 0 Å². The van der Waals surface area contributed by atoms with Crippen LogP contribution in [0.2, 0.25) is 0 Å². The molecule has 0 heterocycles.